The van der Waals surface area contributed by atoms with Crippen molar-refractivity contribution in [1.82, 2.24) is 14.9 Å². The third-order valence-corrected chi connectivity index (χ3v) is 4.09. The number of aromatic nitrogens is 2. The van der Waals surface area contributed by atoms with Gasteiger partial charge in [0.25, 0.3) is 0 Å². The van der Waals surface area contributed by atoms with Crippen molar-refractivity contribution in [2.45, 2.75) is 13.8 Å². The minimum atomic E-state index is -0.388. The molecule has 0 radical (unpaired) electrons. The second kappa shape index (κ2) is 6.82. The summed E-state index contributed by atoms with van der Waals surface area (Å²) in [5.41, 5.74) is 0.727. The summed E-state index contributed by atoms with van der Waals surface area (Å²) in [5.74, 6) is 1.20. The number of amides is 2. The molecule has 1 fully saturated rings. The molecule has 126 valence electrons. The number of urea groups is 1. The summed E-state index contributed by atoms with van der Waals surface area (Å²) in [5, 5.41) is 2.65. The molecule has 2 aromatic rings. The number of benzene rings is 1. The molecule has 0 aliphatic carbocycles. The van der Waals surface area contributed by atoms with Crippen LogP contribution in [-0.2, 0) is 0 Å². The Labute approximate surface area is 140 Å². The number of hydrogen-bond donors (Lipinski definition) is 1. The van der Waals surface area contributed by atoms with E-state index < -0.39 is 0 Å². The van der Waals surface area contributed by atoms with Crippen LogP contribution < -0.4 is 10.2 Å². The van der Waals surface area contributed by atoms with Gasteiger partial charge in [-0.3, -0.25) is 0 Å². The first-order valence-electron chi connectivity index (χ1n) is 7.90. The lowest BCUT2D eigenvalue weighted by Gasteiger charge is -2.35. The largest absolute Gasteiger partial charge is 0.353 e. The van der Waals surface area contributed by atoms with Gasteiger partial charge in [-0.2, -0.15) is 0 Å². The zero-order valence-corrected chi connectivity index (χ0v) is 13.8. The number of anilines is 2. The topological polar surface area (TPSA) is 61.4 Å². The molecule has 7 heteroatoms. The molecule has 0 bridgehead atoms. The minimum absolute atomic E-state index is 0.217. The molecule has 1 aliphatic rings. The van der Waals surface area contributed by atoms with Crippen LogP contribution in [0.25, 0.3) is 0 Å². The number of carbonyl (C=O) groups is 1. The SMILES string of the molecule is Cc1nccc(N2CCN(C(=O)Nc3cccc(C)c3F)CC2)n1. The maximum Gasteiger partial charge on any atom is 0.322 e. The fourth-order valence-corrected chi connectivity index (χ4v) is 2.70. The van der Waals surface area contributed by atoms with Gasteiger partial charge in [-0.25, -0.2) is 19.2 Å². The molecule has 24 heavy (non-hydrogen) atoms. The summed E-state index contributed by atoms with van der Waals surface area (Å²) >= 11 is 0. The van der Waals surface area contributed by atoms with E-state index in [2.05, 4.69) is 20.2 Å². The van der Waals surface area contributed by atoms with Crippen LogP contribution in [0.2, 0.25) is 0 Å². The molecular formula is C17H20FN5O. The molecule has 0 atom stereocenters. The molecule has 2 amide bonds. The Hall–Kier alpha value is -2.70. The molecule has 1 aromatic heterocycles. The maximum atomic E-state index is 14.0. The monoisotopic (exact) mass is 329 g/mol. The van der Waals surface area contributed by atoms with Crippen molar-refractivity contribution >= 4 is 17.5 Å². The summed E-state index contributed by atoms with van der Waals surface area (Å²) in [7, 11) is 0. The fourth-order valence-electron chi connectivity index (χ4n) is 2.70. The number of rotatable bonds is 2. The van der Waals surface area contributed by atoms with Gasteiger partial charge in [0.05, 0.1) is 5.69 Å². The summed E-state index contributed by atoms with van der Waals surface area (Å²) in [6, 6.07) is 6.56. The second-order valence-corrected chi connectivity index (χ2v) is 5.80. The third kappa shape index (κ3) is 3.45. The molecule has 0 saturated carbocycles. The number of carbonyl (C=O) groups excluding carboxylic acids is 1. The molecule has 6 nitrogen and oxygen atoms in total. The zero-order valence-electron chi connectivity index (χ0n) is 13.8. The van der Waals surface area contributed by atoms with Gasteiger partial charge in [-0.15, -0.1) is 0 Å². The molecule has 0 spiro atoms. The Balaban J connectivity index is 1.60. The van der Waals surface area contributed by atoms with E-state index in [1.807, 2.05) is 13.0 Å². The number of nitrogens with one attached hydrogen (secondary N) is 1. The predicted molar refractivity (Wildman–Crippen MR) is 90.7 cm³/mol. The molecule has 3 rings (SSSR count). The predicted octanol–water partition coefficient (Wildman–Crippen LogP) is 2.59. The van der Waals surface area contributed by atoms with Gasteiger partial charge in [-0.05, 0) is 31.5 Å². The molecule has 1 aliphatic heterocycles. The fraction of sp³-hybridized carbons (Fsp3) is 0.353. The van der Waals surface area contributed by atoms with Crippen molar-refractivity contribution in [3.63, 3.8) is 0 Å². The van der Waals surface area contributed by atoms with Crippen molar-refractivity contribution in [3.8, 4) is 0 Å². The minimum Gasteiger partial charge on any atom is -0.353 e. The Morgan fingerprint density at radius 2 is 1.92 bits per heavy atom. The second-order valence-electron chi connectivity index (χ2n) is 5.80. The Morgan fingerprint density at radius 1 is 1.17 bits per heavy atom. The van der Waals surface area contributed by atoms with Crippen LogP contribution in [0.5, 0.6) is 0 Å². The van der Waals surface area contributed by atoms with Gasteiger partial charge >= 0.3 is 6.03 Å². The van der Waals surface area contributed by atoms with Gasteiger partial charge in [0.15, 0.2) is 0 Å². The van der Waals surface area contributed by atoms with Crippen molar-refractivity contribution in [2.24, 2.45) is 0 Å². The van der Waals surface area contributed by atoms with Gasteiger partial charge < -0.3 is 15.1 Å². The van der Waals surface area contributed by atoms with Gasteiger partial charge in [0.2, 0.25) is 0 Å². The third-order valence-electron chi connectivity index (χ3n) is 4.09. The average molecular weight is 329 g/mol. The highest BCUT2D eigenvalue weighted by molar-refractivity contribution is 5.89. The molecule has 1 N–H and O–H groups in total. The first-order valence-corrected chi connectivity index (χ1v) is 7.90. The Bertz CT molecular complexity index is 744. The van der Waals surface area contributed by atoms with Gasteiger partial charge in [0.1, 0.15) is 17.5 Å². The Kier molecular flexibility index (Phi) is 4.59. The lowest BCUT2D eigenvalue weighted by Crippen LogP contribution is -2.50. The van der Waals surface area contributed by atoms with Gasteiger partial charge in [0, 0.05) is 32.4 Å². The highest BCUT2D eigenvalue weighted by atomic mass is 19.1. The van der Waals surface area contributed by atoms with Crippen LogP contribution in [0.1, 0.15) is 11.4 Å². The summed E-state index contributed by atoms with van der Waals surface area (Å²) < 4.78 is 14.0. The quantitative estimate of drug-likeness (QED) is 0.920. The van der Waals surface area contributed by atoms with Crippen LogP contribution in [0.4, 0.5) is 20.7 Å². The van der Waals surface area contributed by atoms with E-state index in [4.69, 9.17) is 0 Å². The van der Waals surface area contributed by atoms with E-state index in [-0.39, 0.29) is 17.5 Å². The van der Waals surface area contributed by atoms with E-state index in [0.717, 1.165) is 11.6 Å². The van der Waals surface area contributed by atoms with Crippen LogP contribution >= 0.6 is 0 Å². The summed E-state index contributed by atoms with van der Waals surface area (Å²) in [6.07, 6.45) is 1.73. The summed E-state index contributed by atoms with van der Waals surface area (Å²) in [6.45, 7) is 6.00. The maximum absolute atomic E-state index is 14.0. The molecule has 2 heterocycles. The number of nitrogens with zero attached hydrogens (tertiary/aromatic N) is 4. The van der Waals surface area contributed by atoms with E-state index in [1.54, 1.807) is 36.2 Å². The lowest BCUT2D eigenvalue weighted by molar-refractivity contribution is 0.208. The number of piperazine rings is 1. The highest BCUT2D eigenvalue weighted by Gasteiger charge is 2.22. The van der Waals surface area contributed by atoms with Crippen LogP contribution in [0.15, 0.2) is 30.5 Å². The van der Waals surface area contributed by atoms with E-state index >= 15 is 0 Å². The van der Waals surface area contributed by atoms with Crippen molar-refractivity contribution < 1.29 is 9.18 Å². The molecule has 0 unspecified atom stereocenters. The molecule has 1 saturated heterocycles. The lowest BCUT2D eigenvalue weighted by atomic mass is 10.2. The van der Waals surface area contributed by atoms with Crippen molar-refractivity contribution in [3.05, 3.63) is 47.7 Å². The van der Waals surface area contributed by atoms with Crippen LogP contribution in [0, 0.1) is 19.7 Å². The Morgan fingerprint density at radius 3 is 2.62 bits per heavy atom. The average Bonchev–Trinajstić information content (AvgIpc) is 2.59. The van der Waals surface area contributed by atoms with Crippen molar-refractivity contribution in [2.75, 3.05) is 36.4 Å². The van der Waals surface area contributed by atoms with E-state index in [9.17, 15) is 9.18 Å². The molecule has 1 aromatic carbocycles. The highest BCUT2D eigenvalue weighted by Crippen LogP contribution is 2.18. The smallest absolute Gasteiger partial charge is 0.322 e. The zero-order chi connectivity index (χ0) is 17.1. The first-order chi connectivity index (χ1) is 11.5. The normalized spacial score (nSPS) is 14.6. The first kappa shape index (κ1) is 16.2. The van der Waals surface area contributed by atoms with E-state index in [0.29, 0.717) is 31.7 Å². The standard InChI is InChI=1S/C17H20FN5O/c1-12-4-3-5-14(16(12)18)21-17(24)23-10-8-22(9-11-23)15-6-7-19-13(2)20-15/h3-7H,8-11H2,1-2H3,(H,21,24). The van der Waals surface area contributed by atoms with Gasteiger partial charge in [-0.1, -0.05) is 12.1 Å². The van der Waals surface area contributed by atoms with E-state index in [1.165, 1.54) is 0 Å². The van der Waals surface area contributed by atoms with Crippen molar-refractivity contribution in [1.29, 1.82) is 0 Å². The molecular weight excluding hydrogens is 309 g/mol. The number of halogens is 1. The number of aryl methyl sites for hydroxylation is 2. The van der Waals surface area contributed by atoms with Crippen LogP contribution in [-0.4, -0.2) is 47.1 Å². The van der Waals surface area contributed by atoms with Crippen LogP contribution in [0.3, 0.4) is 0 Å². The number of hydrogen-bond acceptors (Lipinski definition) is 4. The summed E-state index contributed by atoms with van der Waals surface area (Å²) in [4.78, 5) is 24.6.